The van der Waals surface area contributed by atoms with E-state index in [0.29, 0.717) is 18.8 Å². The van der Waals surface area contributed by atoms with Crippen molar-refractivity contribution in [2.45, 2.75) is 44.7 Å². The number of nitrogens with zero attached hydrogens (tertiary/aromatic N) is 5. The topological polar surface area (TPSA) is 63.0 Å². The summed E-state index contributed by atoms with van der Waals surface area (Å²) in [5.74, 6) is 2.45. The van der Waals surface area contributed by atoms with Gasteiger partial charge in [-0.3, -0.25) is 14.6 Å². The number of hydrogen-bond acceptors (Lipinski definition) is 5. The first-order valence-corrected chi connectivity index (χ1v) is 10.0. The van der Waals surface area contributed by atoms with Gasteiger partial charge in [0, 0.05) is 6.54 Å². The third-order valence-electron chi connectivity index (χ3n) is 6.12. The normalized spacial score (nSPS) is 19.8. The lowest BCUT2D eigenvalue weighted by Gasteiger charge is -2.34. The predicted octanol–water partition coefficient (Wildman–Crippen LogP) is 2.90. The quantitative estimate of drug-likeness (QED) is 0.819. The van der Waals surface area contributed by atoms with Crippen molar-refractivity contribution < 1.29 is 9.53 Å². The molecule has 3 aliphatic rings. The van der Waals surface area contributed by atoms with Crippen LogP contribution in [0.4, 0.5) is 5.82 Å². The molecule has 3 heterocycles. The molecule has 1 aromatic carbocycles. The van der Waals surface area contributed by atoms with Gasteiger partial charge in [0.1, 0.15) is 11.6 Å². The second kappa shape index (κ2) is 6.36. The summed E-state index contributed by atoms with van der Waals surface area (Å²) in [4.78, 5) is 26.7. The molecule has 0 atom stereocenters. The van der Waals surface area contributed by atoms with Gasteiger partial charge in [-0.15, -0.1) is 0 Å². The number of guanidine groups is 1. The maximum absolute atomic E-state index is 13.1. The Balaban J connectivity index is 1.56. The molecule has 0 N–H and O–H groups in total. The van der Waals surface area contributed by atoms with Crippen LogP contribution in [0.3, 0.4) is 0 Å². The summed E-state index contributed by atoms with van der Waals surface area (Å²) < 4.78 is 7.42. The number of ether oxygens (including phenoxy) is 1. The minimum absolute atomic E-state index is 0.0459. The molecule has 1 spiro atoms. The lowest BCUT2D eigenvalue weighted by molar-refractivity contribution is 0.0841. The number of benzene rings is 1. The number of carbonyl (C=O) groups is 1. The molecule has 1 fully saturated rings. The van der Waals surface area contributed by atoms with E-state index in [1.807, 2.05) is 25.1 Å². The maximum Gasteiger partial charge on any atom is 0.283 e. The van der Waals surface area contributed by atoms with E-state index in [1.54, 1.807) is 18.3 Å². The van der Waals surface area contributed by atoms with Crippen LogP contribution in [0.2, 0.25) is 0 Å². The zero-order valence-corrected chi connectivity index (χ0v) is 16.4. The first-order valence-electron chi connectivity index (χ1n) is 10.0. The second-order valence-electron chi connectivity index (χ2n) is 7.88. The van der Waals surface area contributed by atoms with Crippen molar-refractivity contribution in [1.82, 2.24) is 14.5 Å². The Labute approximate surface area is 164 Å². The predicted molar refractivity (Wildman–Crippen MR) is 107 cm³/mol. The summed E-state index contributed by atoms with van der Waals surface area (Å²) in [6.45, 7) is 4.07. The smallest absolute Gasteiger partial charge is 0.283 e. The van der Waals surface area contributed by atoms with Gasteiger partial charge in [-0.05, 0) is 37.5 Å². The van der Waals surface area contributed by atoms with Crippen molar-refractivity contribution in [2.24, 2.45) is 4.99 Å². The van der Waals surface area contributed by atoms with Crippen LogP contribution in [0.5, 0.6) is 5.75 Å². The first kappa shape index (κ1) is 17.3. The van der Waals surface area contributed by atoms with Crippen molar-refractivity contribution in [3.63, 3.8) is 0 Å². The largest absolute Gasteiger partial charge is 0.497 e. The van der Waals surface area contributed by atoms with Crippen molar-refractivity contribution >= 4 is 17.7 Å². The average Bonchev–Trinajstić information content (AvgIpc) is 3.42. The highest BCUT2D eigenvalue weighted by Gasteiger charge is 2.49. The van der Waals surface area contributed by atoms with Crippen molar-refractivity contribution in [1.29, 1.82) is 0 Å². The van der Waals surface area contributed by atoms with Crippen molar-refractivity contribution in [2.75, 3.05) is 25.1 Å². The average molecular weight is 379 g/mol. The van der Waals surface area contributed by atoms with Gasteiger partial charge < -0.3 is 9.30 Å². The number of fused-ring (bicyclic) bond motifs is 3. The van der Waals surface area contributed by atoms with E-state index in [-0.39, 0.29) is 11.4 Å². The fraction of sp³-hybridized carbons (Fsp3) is 0.476. The fourth-order valence-electron chi connectivity index (χ4n) is 4.75. The fourth-order valence-corrected chi connectivity index (χ4v) is 4.75. The monoisotopic (exact) mass is 379 g/mol. The number of aliphatic imine (C=N–C) groups is 1. The summed E-state index contributed by atoms with van der Waals surface area (Å²) >= 11 is 0. The van der Waals surface area contributed by atoms with Gasteiger partial charge in [0.05, 0.1) is 32.1 Å². The van der Waals surface area contributed by atoms with Crippen LogP contribution in [0, 0.1) is 0 Å². The maximum atomic E-state index is 13.1. The van der Waals surface area contributed by atoms with E-state index in [1.165, 1.54) is 12.8 Å². The highest BCUT2D eigenvalue weighted by atomic mass is 16.5. The zero-order chi connectivity index (χ0) is 19.3. The van der Waals surface area contributed by atoms with Gasteiger partial charge in [0.2, 0.25) is 5.96 Å². The molecule has 0 radical (unpaired) electrons. The van der Waals surface area contributed by atoms with E-state index in [9.17, 15) is 4.79 Å². The second-order valence-corrected chi connectivity index (χ2v) is 7.88. The molecule has 1 amide bonds. The van der Waals surface area contributed by atoms with Crippen molar-refractivity contribution in [3.05, 3.63) is 41.9 Å². The number of anilines is 1. The van der Waals surface area contributed by atoms with Crippen LogP contribution in [-0.4, -0.2) is 52.1 Å². The van der Waals surface area contributed by atoms with Crippen LogP contribution < -0.4 is 9.64 Å². The Morgan fingerprint density at radius 3 is 2.82 bits per heavy atom. The Kier molecular flexibility index (Phi) is 3.92. The number of methoxy groups -OCH3 is 1. The minimum Gasteiger partial charge on any atom is -0.497 e. The summed E-state index contributed by atoms with van der Waals surface area (Å²) in [6, 6.07) is 8.00. The molecule has 1 saturated carbocycles. The van der Waals surface area contributed by atoms with E-state index in [0.717, 1.165) is 42.5 Å². The van der Waals surface area contributed by atoms with Crippen LogP contribution >= 0.6 is 0 Å². The molecule has 146 valence electrons. The van der Waals surface area contributed by atoms with Gasteiger partial charge in [-0.25, -0.2) is 9.98 Å². The molecule has 7 nitrogen and oxygen atoms in total. The molecule has 5 rings (SSSR count). The number of amides is 1. The first-order chi connectivity index (χ1) is 13.6. The number of aromatic nitrogens is 2. The molecular formula is C21H25N5O2. The summed E-state index contributed by atoms with van der Waals surface area (Å²) in [6.07, 6.45) is 6.38. The molecule has 0 saturated heterocycles. The highest BCUT2D eigenvalue weighted by molar-refractivity contribution is 6.18. The van der Waals surface area contributed by atoms with Gasteiger partial charge in [-0.1, -0.05) is 25.0 Å². The number of rotatable bonds is 4. The van der Waals surface area contributed by atoms with E-state index in [4.69, 9.17) is 9.73 Å². The molecule has 0 bridgehead atoms. The van der Waals surface area contributed by atoms with Crippen LogP contribution in [0.1, 0.15) is 48.7 Å². The van der Waals surface area contributed by atoms with Gasteiger partial charge in [-0.2, -0.15) is 0 Å². The van der Waals surface area contributed by atoms with Gasteiger partial charge >= 0.3 is 0 Å². The summed E-state index contributed by atoms with van der Waals surface area (Å²) in [5.41, 5.74) is 1.59. The number of carbonyl (C=O) groups excluding carboxylic acids is 1. The molecule has 1 aromatic heterocycles. The lowest BCUT2D eigenvalue weighted by atomic mass is 9.99. The Bertz CT molecular complexity index is 957. The summed E-state index contributed by atoms with van der Waals surface area (Å²) in [7, 11) is 1.67. The molecule has 2 aromatic rings. The van der Waals surface area contributed by atoms with E-state index in [2.05, 4.69) is 20.5 Å². The SMILES string of the molecule is CCN1C(=O)c2ncn(Cc3cccc(OC)c3)c2N2CC3(CCCC3)N=C12. The third-order valence-corrected chi connectivity index (χ3v) is 6.12. The molecule has 28 heavy (non-hydrogen) atoms. The Morgan fingerprint density at radius 1 is 1.25 bits per heavy atom. The molecular weight excluding hydrogens is 354 g/mol. The summed E-state index contributed by atoms with van der Waals surface area (Å²) in [5, 5.41) is 0. The lowest BCUT2D eigenvalue weighted by Crippen LogP contribution is -2.51. The number of imidazole rings is 1. The minimum atomic E-state index is -0.0491. The third kappa shape index (κ3) is 2.52. The van der Waals surface area contributed by atoms with E-state index >= 15 is 0 Å². The van der Waals surface area contributed by atoms with Gasteiger partial charge in [0.25, 0.3) is 5.91 Å². The highest BCUT2D eigenvalue weighted by Crippen LogP contribution is 2.42. The Hall–Kier alpha value is -2.83. The standard InChI is InChI=1S/C21H25N5O2/c1-3-25-19(27)17-18(26-13-21(23-20(25)26)9-4-5-10-21)24(14-22-17)12-15-7-6-8-16(11-15)28-2/h6-8,11,14H,3-5,9-10,12-13H2,1-2H3. The molecule has 7 heteroatoms. The molecule has 2 aliphatic heterocycles. The van der Waals surface area contributed by atoms with Crippen LogP contribution in [0.25, 0.3) is 0 Å². The van der Waals surface area contributed by atoms with Gasteiger partial charge in [0.15, 0.2) is 5.69 Å². The van der Waals surface area contributed by atoms with E-state index < -0.39 is 0 Å². The van der Waals surface area contributed by atoms with Crippen LogP contribution in [0.15, 0.2) is 35.6 Å². The van der Waals surface area contributed by atoms with Crippen LogP contribution in [-0.2, 0) is 6.54 Å². The Morgan fingerprint density at radius 2 is 2.07 bits per heavy atom. The van der Waals surface area contributed by atoms with Crippen molar-refractivity contribution in [3.8, 4) is 5.75 Å². The zero-order valence-electron chi connectivity index (χ0n) is 16.4. The molecule has 0 unspecified atom stereocenters. The number of hydrogen-bond donors (Lipinski definition) is 0. The molecule has 1 aliphatic carbocycles.